The van der Waals surface area contributed by atoms with Gasteiger partial charge in [0.2, 0.25) is 11.8 Å². The fraction of sp³-hybridized carbons (Fsp3) is 0.417. The van der Waals surface area contributed by atoms with Crippen LogP contribution in [0.5, 0.6) is 5.88 Å². The van der Waals surface area contributed by atoms with E-state index in [1.165, 1.54) is 7.11 Å². The van der Waals surface area contributed by atoms with E-state index in [9.17, 15) is 9.59 Å². The fourth-order valence-corrected chi connectivity index (χ4v) is 1.33. The van der Waals surface area contributed by atoms with Crippen LogP contribution in [0.15, 0.2) is 18.3 Å². The Labute approximate surface area is 111 Å². The standard InChI is InChI=1S/C12H18N4O3/c1-4-13-12(18)16-11(17)8(2)15-9-5-6-10(19-3)14-7-9/h5-8,15H,4H2,1-3H3,(H2,13,16,17,18)/t8-/m1/s1. The van der Waals surface area contributed by atoms with Crippen molar-refractivity contribution in [1.29, 1.82) is 0 Å². The van der Waals surface area contributed by atoms with Crippen LogP contribution in [0.1, 0.15) is 13.8 Å². The molecule has 1 rings (SSSR count). The van der Waals surface area contributed by atoms with E-state index >= 15 is 0 Å². The molecule has 19 heavy (non-hydrogen) atoms. The average molecular weight is 266 g/mol. The summed E-state index contributed by atoms with van der Waals surface area (Å²) in [7, 11) is 1.53. The van der Waals surface area contributed by atoms with Crippen LogP contribution >= 0.6 is 0 Å². The van der Waals surface area contributed by atoms with Crippen LogP contribution in [-0.2, 0) is 4.79 Å². The smallest absolute Gasteiger partial charge is 0.321 e. The van der Waals surface area contributed by atoms with Crippen LogP contribution < -0.4 is 20.7 Å². The number of anilines is 1. The Morgan fingerprint density at radius 3 is 2.68 bits per heavy atom. The Morgan fingerprint density at radius 2 is 2.16 bits per heavy atom. The van der Waals surface area contributed by atoms with E-state index in [1.54, 1.807) is 32.2 Å². The summed E-state index contributed by atoms with van der Waals surface area (Å²) in [6.45, 7) is 3.89. The van der Waals surface area contributed by atoms with E-state index in [4.69, 9.17) is 4.74 Å². The molecule has 1 heterocycles. The van der Waals surface area contributed by atoms with Gasteiger partial charge < -0.3 is 15.4 Å². The number of urea groups is 1. The summed E-state index contributed by atoms with van der Waals surface area (Å²) in [5.41, 5.74) is 0.666. The summed E-state index contributed by atoms with van der Waals surface area (Å²) in [5, 5.41) is 7.64. The van der Waals surface area contributed by atoms with Crippen molar-refractivity contribution in [3.05, 3.63) is 18.3 Å². The molecule has 3 N–H and O–H groups in total. The molecule has 0 saturated carbocycles. The van der Waals surface area contributed by atoms with E-state index in [2.05, 4.69) is 20.9 Å². The first-order valence-corrected chi connectivity index (χ1v) is 5.92. The number of imide groups is 1. The van der Waals surface area contributed by atoms with Crippen LogP contribution in [-0.4, -0.2) is 36.6 Å². The molecule has 0 aromatic carbocycles. The van der Waals surface area contributed by atoms with Gasteiger partial charge in [0, 0.05) is 12.6 Å². The molecule has 0 spiro atoms. The van der Waals surface area contributed by atoms with E-state index < -0.39 is 18.0 Å². The second-order valence-electron chi connectivity index (χ2n) is 3.80. The zero-order valence-electron chi connectivity index (χ0n) is 11.2. The number of nitrogens with one attached hydrogen (secondary N) is 3. The average Bonchev–Trinajstić information content (AvgIpc) is 2.39. The van der Waals surface area contributed by atoms with E-state index in [-0.39, 0.29) is 0 Å². The number of nitrogens with zero attached hydrogens (tertiary/aromatic N) is 1. The van der Waals surface area contributed by atoms with Crippen LogP contribution in [0.4, 0.5) is 10.5 Å². The minimum Gasteiger partial charge on any atom is -0.481 e. The number of ether oxygens (including phenoxy) is 1. The van der Waals surface area contributed by atoms with Gasteiger partial charge in [0.25, 0.3) is 0 Å². The fourth-order valence-electron chi connectivity index (χ4n) is 1.33. The highest BCUT2D eigenvalue weighted by Crippen LogP contribution is 2.11. The lowest BCUT2D eigenvalue weighted by atomic mass is 10.3. The minimum atomic E-state index is -0.558. The molecule has 0 aliphatic heterocycles. The van der Waals surface area contributed by atoms with E-state index in [0.717, 1.165) is 0 Å². The van der Waals surface area contributed by atoms with Crippen molar-refractivity contribution < 1.29 is 14.3 Å². The molecular formula is C12H18N4O3. The van der Waals surface area contributed by atoms with Crippen molar-refractivity contribution >= 4 is 17.6 Å². The maximum absolute atomic E-state index is 11.7. The Morgan fingerprint density at radius 1 is 1.42 bits per heavy atom. The molecule has 0 saturated heterocycles. The molecule has 1 aromatic heterocycles. The van der Waals surface area contributed by atoms with Crippen molar-refractivity contribution in [1.82, 2.24) is 15.6 Å². The zero-order valence-corrected chi connectivity index (χ0v) is 11.2. The number of carbonyl (C=O) groups excluding carboxylic acids is 2. The third-order valence-corrected chi connectivity index (χ3v) is 2.30. The maximum atomic E-state index is 11.7. The van der Waals surface area contributed by atoms with Crippen LogP contribution in [0.3, 0.4) is 0 Å². The molecule has 3 amide bonds. The predicted molar refractivity (Wildman–Crippen MR) is 71.1 cm³/mol. The summed E-state index contributed by atoms with van der Waals surface area (Å²) in [4.78, 5) is 26.9. The molecule has 0 aliphatic carbocycles. The lowest BCUT2D eigenvalue weighted by Crippen LogP contribution is -2.45. The Balaban J connectivity index is 2.50. The highest BCUT2D eigenvalue weighted by molar-refractivity contribution is 5.97. The second-order valence-corrected chi connectivity index (χ2v) is 3.80. The summed E-state index contributed by atoms with van der Waals surface area (Å²) in [5.74, 6) is 0.0757. The number of pyridine rings is 1. The van der Waals surface area contributed by atoms with Gasteiger partial charge in [-0.2, -0.15) is 0 Å². The SMILES string of the molecule is CCNC(=O)NC(=O)[C@@H](C)Nc1ccc(OC)nc1. The molecule has 1 aromatic rings. The van der Waals surface area contributed by atoms with Gasteiger partial charge >= 0.3 is 6.03 Å². The van der Waals surface area contributed by atoms with E-state index in [1.807, 2.05) is 0 Å². The zero-order chi connectivity index (χ0) is 14.3. The van der Waals surface area contributed by atoms with Crippen molar-refractivity contribution in [2.75, 3.05) is 19.0 Å². The highest BCUT2D eigenvalue weighted by Gasteiger charge is 2.15. The third-order valence-electron chi connectivity index (χ3n) is 2.30. The van der Waals surface area contributed by atoms with Gasteiger partial charge in [-0.05, 0) is 19.9 Å². The van der Waals surface area contributed by atoms with Gasteiger partial charge in [0.1, 0.15) is 6.04 Å². The maximum Gasteiger partial charge on any atom is 0.321 e. The second kappa shape index (κ2) is 7.20. The number of carbonyl (C=O) groups is 2. The van der Waals surface area contributed by atoms with Crippen molar-refractivity contribution in [3.63, 3.8) is 0 Å². The van der Waals surface area contributed by atoms with Gasteiger partial charge in [-0.15, -0.1) is 0 Å². The molecule has 0 bridgehead atoms. The monoisotopic (exact) mass is 266 g/mol. The van der Waals surface area contributed by atoms with Gasteiger partial charge in [-0.1, -0.05) is 0 Å². The van der Waals surface area contributed by atoms with Crippen LogP contribution in [0.2, 0.25) is 0 Å². The molecule has 0 radical (unpaired) electrons. The molecule has 7 nitrogen and oxygen atoms in total. The topological polar surface area (TPSA) is 92.4 Å². The van der Waals surface area contributed by atoms with Crippen LogP contribution in [0, 0.1) is 0 Å². The van der Waals surface area contributed by atoms with Gasteiger partial charge in [-0.25, -0.2) is 9.78 Å². The largest absolute Gasteiger partial charge is 0.481 e. The highest BCUT2D eigenvalue weighted by atomic mass is 16.5. The Hall–Kier alpha value is -2.31. The lowest BCUT2D eigenvalue weighted by Gasteiger charge is -2.14. The number of methoxy groups -OCH3 is 1. The van der Waals surface area contributed by atoms with E-state index in [0.29, 0.717) is 18.1 Å². The normalized spacial score (nSPS) is 11.3. The van der Waals surface area contributed by atoms with Crippen molar-refractivity contribution in [3.8, 4) is 5.88 Å². The molecule has 0 fully saturated rings. The first-order valence-electron chi connectivity index (χ1n) is 5.92. The number of hydrogen-bond acceptors (Lipinski definition) is 5. The van der Waals surface area contributed by atoms with Crippen molar-refractivity contribution in [2.45, 2.75) is 19.9 Å². The number of amides is 3. The molecule has 7 heteroatoms. The summed E-state index contributed by atoms with van der Waals surface area (Å²) in [6.07, 6.45) is 1.55. The first-order chi connectivity index (χ1) is 9.06. The van der Waals surface area contributed by atoms with Gasteiger partial charge in [0.15, 0.2) is 0 Å². The quantitative estimate of drug-likeness (QED) is 0.731. The summed E-state index contributed by atoms with van der Waals surface area (Å²) >= 11 is 0. The lowest BCUT2D eigenvalue weighted by molar-refractivity contribution is -0.120. The number of rotatable bonds is 5. The Kier molecular flexibility index (Phi) is 5.59. The molecule has 0 unspecified atom stereocenters. The number of hydrogen-bond donors (Lipinski definition) is 3. The van der Waals surface area contributed by atoms with Crippen LogP contribution in [0.25, 0.3) is 0 Å². The molecular weight excluding hydrogens is 248 g/mol. The van der Waals surface area contributed by atoms with Gasteiger partial charge in [0.05, 0.1) is 19.0 Å². The molecule has 1 atom stereocenters. The summed E-state index contributed by atoms with van der Waals surface area (Å²) in [6, 6.07) is 2.35. The third kappa shape index (κ3) is 4.82. The predicted octanol–water partition coefficient (Wildman–Crippen LogP) is 0.736. The minimum absolute atomic E-state index is 0.415. The Bertz CT molecular complexity index is 433. The van der Waals surface area contributed by atoms with Crippen molar-refractivity contribution in [2.24, 2.45) is 0 Å². The number of aromatic nitrogens is 1. The van der Waals surface area contributed by atoms with Gasteiger partial charge in [-0.3, -0.25) is 10.1 Å². The molecule has 0 aliphatic rings. The first kappa shape index (κ1) is 14.7. The summed E-state index contributed by atoms with van der Waals surface area (Å²) < 4.78 is 4.93. The molecule has 104 valence electrons.